The number of hydrogen-bond donors (Lipinski definition) is 1. The smallest absolute Gasteiger partial charge is 0.276 e. The zero-order chi connectivity index (χ0) is 21.5. The summed E-state index contributed by atoms with van der Waals surface area (Å²) in [6.45, 7) is 0.300. The largest absolute Gasteiger partial charge is 0.351 e. The van der Waals surface area contributed by atoms with Crippen molar-refractivity contribution < 1.29 is 9.59 Å². The van der Waals surface area contributed by atoms with Gasteiger partial charge in [0.25, 0.3) is 5.91 Å². The van der Waals surface area contributed by atoms with Crippen molar-refractivity contribution in [2.45, 2.75) is 50.7 Å². The third kappa shape index (κ3) is 5.35. The molecule has 1 heterocycles. The molecule has 31 heavy (non-hydrogen) atoms. The summed E-state index contributed by atoms with van der Waals surface area (Å²) < 4.78 is 8.12. The quantitative estimate of drug-likeness (QED) is 0.599. The number of benzene rings is 2. The number of hydrogen-bond acceptors (Lipinski definition) is 5. The number of carbonyl (C=O) groups excluding carboxylic acids is 2. The number of carbonyl (C=O) groups is 2. The molecule has 1 N–H and O–H groups in total. The van der Waals surface area contributed by atoms with Gasteiger partial charge in [-0.15, -0.1) is 0 Å². The first-order valence-corrected chi connectivity index (χ1v) is 11.4. The van der Waals surface area contributed by atoms with Gasteiger partial charge < -0.3 is 10.2 Å². The summed E-state index contributed by atoms with van der Waals surface area (Å²) >= 11 is 0.988. The van der Waals surface area contributed by atoms with E-state index >= 15 is 0 Å². The number of amides is 2. The van der Waals surface area contributed by atoms with E-state index < -0.39 is 6.04 Å². The number of rotatable bonds is 7. The first kappa shape index (κ1) is 21.2. The molecule has 1 atom stereocenters. The zero-order valence-corrected chi connectivity index (χ0v) is 18.1. The highest BCUT2D eigenvalue weighted by atomic mass is 32.1. The van der Waals surface area contributed by atoms with Crippen LogP contribution in [0.5, 0.6) is 0 Å². The lowest BCUT2D eigenvalue weighted by atomic mass is 9.94. The topological polar surface area (TPSA) is 75.2 Å². The molecule has 0 bridgehead atoms. The van der Waals surface area contributed by atoms with E-state index in [-0.39, 0.29) is 23.6 Å². The summed E-state index contributed by atoms with van der Waals surface area (Å²) in [5, 5.41) is 3.22. The van der Waals surface area contributed by atoms with Gasteiger partial charge in [0.2, 0.25) is 5.91 Å². The van der Waals surface area contributed by atoms with Crippen molar-refractivity contribution >= 4 is 23.5 Å². The van der Waals surface area contributed by atoms with Crippen LogP contribution in [0, 0.1) is 0 Å². The van der Waals surface area contributed by atoms with Crippen LogP contribution in [0.2, 0.25) is 0 Å². The van der Waals surface area contributed by atoms with Crippen molar-refractivity contribution in [3.8, 4) is 0 Å². The van der Waals surface area contributed by atoms with Crippen molar-refractivity contribution in [3.05, 3.63) is 83.7 Å². The Bertz CT molecular complexity index is 973. The molecule has 0 saturated heterocycles. The van der Waals surface area contributed by atoms with Crippen molar-refractivity contribution in [2.75, 3.05) is 0 Å². The molecule has 2 aromatic carbocycles. The molecular weight excluding hydrogens is 408 g/mol. The fourth-order valence-corrected chi connectivity index (χ4v) is 4.51. The molecule has 0 radical (unpaired) electrons. The second-order valence-electron chi connectivity index (χ2n) is 7.87. The average molecular weight is 435 g/mol. The SMILES string of the molecule is O=C(NC1CCCCC1)C(c1ccccc1)N(Cc1ccccc1)C(=O)c1cnsn1. The molecule has 1 fully saturated rings. The van der Waals surface area contributed by atoms with Gasteiger partial charge in [-0.3, -0.25) is 9.59 Å². The van der Waals surface area contributed by atoms with Crippen molar-refractivity contribution in [3.63, 3.8) is 0 Å². The maximum atomic E-state index is 13.6. The lowest BCUT2D eigenvalue weighted by Crippen LogP contribution is -2.47. The minimum absolute atomic E-state index is 0.148. The fourth-order valence-electron chi connectivity index (χ4n) is 4.10. The molecule has 7 heteroatoms. The Hall–Kier alpha value is -3.06. The maximum Gasteiger partial charge on any atom is 0.276 e. The molecule has 6 nitrogen and oxygen atoms in total. The Morgan fingerprint density at radius 1 is 1.00 bits per heavy atom. The van der Waals surface area contributed by atoms with Gasteiger partial charge in [0.05, 0.1) is 17.9 Å². The summed E-state index contributed by atoms with van der Waals surface area (Å²) in [6, 6.07) is 18.6. The summed E-state index contributed by atoms with van der Waals surface area (Å²) in [6.07, 6.45) is 6.89. The normalized spacial score (nSPS) is 15.2. The highest BCUT2D eigenvalue weighted by Gasteiger charge is 2.34. The van der Waals surface area contributed by atoms with Gasteiger partial charge in [0, 0.05) is 12.6 Å². The molecule has 1 saturated carbocycles. The second kappa shape index (κ2) is 10.3. The predicted octanol–water partition coefficient (Wildman–Crippen LogP) is 4.37. The van der Waals surface area contributed by atoms with Gasteiger partial charge in [-0.1, -0.05) is 79.9 Å². The first-order valence-electron chi connectivity index (χ1n) is 10.7. The van der Waals surface area contributed by atoms with Crippen LogP contribution in [0.15, 0.2) is 66.9 Å². The van der Waals surface area contributed by atoms with E-state index in [0.29, 0.717) is 6.54 Å². The van der Waals surface area contributed by atoms with Crippen LogP contribution in [-0.2, 0) is 11.3 Å². The molecule has 0 aliphatic heterocycles. The summed E-state index contributed by atoms with van der Waals surface area (Å²) in [4.78, 5) is 28.7. The Kier molecular flexibility index (Phi) is 7.04. The lowest BCUT2D eigenvalue weighted by molar-refractivity contribution is -0.127. The standard InChI is InChI=1S/C24H26N4O2S/c29-23(26-20-14-8-3-9-15-20)22(19-12-6-2-7-13-19)28(17-18-10-4-1-5-11-18)24(30)21-16-25-31-27-21/h1-2,4-7,10-13,16,20,22H,3,8-9,14-15,17H2,(H,26,29). The highest BCUT2D eigenvalue weighted by Crippen LogP contribution is 2.27. The monoisotopic (exact) mass is 434 g/mol. The van der Waals surface area contributed by atoms with Gasteiger partial charge in [-0.25, -0.2) is 0 Å². The van der Waals surface area contributed by atoms with Crippen LogP contribution in [0.4, 0.5) is 0 Å². The van der Waals surface area contributed by atoms with Gasteiger partial charge in [-0.2, -0.15) is 8.75 Å². The maximum absolute atomic E-state index is 13.6. The Morgan fingerprint density at radius 3 is 2.32 bits per heavy atom. The predicted molar refractivity (Wildman–Crippen MR) is 120 cm³/mol. The molecule has 1 aliphatic rings. The van der Waals surface area contributed by atoms with Crippen LogP contribution in [0.1, 0.15) is 59.8 Å². The van der Waals surface area contributed by atoms with Gasteiger partial charge in [0.1, 0.15) is 6.04 Å². The Labute approximate surface area is 186 Å². The minimum Gasteiger partial charge on any atom is -0.351 e. The van der Waals surface area contributed by atoms with Gasteiger partial charge in [-0.05, 0) is 24.0 Å². The minimum atomic E-state index is -0.752. The molecule has 0 spiro atoms. The molecule has 1 aromatic heterocycles. The van der Waals surface area contributed by atoms with Crippen LogP contribution in [-0.4, -0.2) is 31.5 Å². The van der Waals surface area contributed by atoms with Crippen molar-refractivity contribution in [1.82, 2.24) is 19.0 Å². The molecule has 1 unspecified atom stereocenters. The van der Waals surface area contributed by atoms with E-state index in [1.165, 1.54) is 12.6 Å². The summed E-state index contributed by atoms with van der Waals surface area (Å²) in [5.74, 6) is -0.448. The van der Waals surface area contributed by atoms with E-state index in [9.17, 15) is 9.59 Å². The summed E-state index contributed by atoms with van der Waals surface area (Å²) in [5.41, 5.74) is 1.99. The van der Waals surface area contributed by atoms with E-state index in [1.54, 1.807) is 4.90 Å². The van der Waals surface area contributed by atoms with Gasteiger partial charge >= 0.3 is 0 Å². The number of nitrogens with zero attached hydrogens (tertiary/aromatic N) is 3. The van der Waals surface area contributed by atoms with Crippen molar-refractivity contribution in [1.29, 1.82) is 0 Å². The highest BCUT2D eigenvalue weighted by molar-refractivity contribution is 6.99. The van der Waals surface area contributed by atoms with Crippen LogP contribution >= 0.6 is 11.7 Å². The number of aromatic nitrogens is 2. The third-order valence-corrected chi connectivity index (χ3v) is 6.14. The van der Waals surface area contributed by atoms with Gasteiger partial charge in [0.15, 0.2) is 5.69 Å². The fraction of sp³-hybridized carbons (Fsp3) is 0.333. The Balaban J connectivity index is 1.69. The Morgan fingerprint density at radius 2 is 1.68 bits per heavy atom. The molecule has 3 aromatic rings. The zero-order valence-electron chi connectivity index (χ0n) is 17.3. The van der Waals surface area contributed by atoms with Crippen LogP contribution in [0.25, 0.3) is 0 Å². The molecule has 1 aliphatic carbocycles. The van der Waals surface area contributed by atoms with E-state index in [4.69, 9.17) is 0 Å². The van der Waals surface area contributed by atoms with Crippen molar-refractivity contribution in [2.24, 2.45) is 0 Å². The molecular formula is C24H26N4O2S. The van der Waals surface area contributed by atoms with E-state index in [0.717, 1.165) is 48.5 Å². The molecule has 160 valence electrons. The van der Waals surface area contributed by atoms with Crippen LogP contribution < -0.4 is 5.32 Å². The third-order valence-electron chi connectivity index (χ3n) is 5.66. The number of nitrogens with one attached hydrogen (secondary N) is 1. The summed E-state index contributed by atoms with van der Waals surface area (Å²) in [7, 11) is 0. The molecule has 4 rings (SSSR count). The molecule has 2 amide bonds. The second-order valence-corrected chi connectivity index (χ2v) is 8.42. The van der Waals surface area contributed by atoms with Crippen LogP contribution in [0.3, 0.4) is 0 Å². The first-order chi connectivity index (χ1) is 15.2. The van der Waals surface area contributed by atoms with E-state index in [2.05, 4.69) is 14.1 Å². The van der Waals surface area contributed by atoms with E-state index in [1.807, 2.05) is 60.7 Å². The average Bonchev–Trinajstić information content (AvgIpc) is 3.35. The lowest BCUT2D eigenvalue weighted by Gasteiger charge is -2.33.